The van der Waals surface area contributed by atoms with Gasteiger partial charge in [-0.2, -0.15) is 4.98 Å². The van der Waals surface area contributed by atoms with E-state index in [0.717, 1.165) is 48.7 Å². The first-order chi connectivity index (χ1) is 14.1. The Balaban J connectivity index is 1.74. The summed E-state index contributed by atoms with van der Waals surface area (Å²) < 4.78 is 5.90. The number of ether oxygens (including phenoxy) is 1. The first-order valence-corrected chi connectivity index (χ1v) is 10.4. The second kappa shape index (κ2) is 8.55. The van der Waals surface area contributed by atoms with Gasteiger partial charge in [0.1, 0.15) is 5.82 Å². The molecule has 2 saturated heterocycles. The van der Waals surface area contributed by atoms with Crippen molar-refractivity contribution in [2.45, 2.75) is 32.2 Å². The zero-order valence-electron chi connectivity index (χ0n) is 16.8. The van der Waals surface area contributed by atoms with Gasteiger partial charge in [-0.05, 0) is 43.5 Å². The van der Waals surface area contributed by atoms with Gasteiger partial charge in [0.05, 0.1) is 12.6 Å². The van der Waals surface area contributed by atoms with Crippen LogP contribution in [0, 0.1) is 6.92 Å². The van der Waals surface area contributed by atoms with Gasteiger partial charge in [-0.3, -0.25) is 4.79 Å². The average Bonchev–Trinajstić information content (AvgIpc) is 2.99. The zero-order valence-corrected chi connectivity index (χ0v) is 17.6. The third-order valence-electron chi connectivity index (χ3n) is 5.42. The fourth-order valence-corrected chi connectivity index (χ4v) is 4.24. The van der Waals surface area contributed by atoms with Crippen LogP contribution in [0.5, 0.6) is 0 Å². The Morgan fingerprint density at radius 2 is 2.07 bits per heavy atom. The molecule has 2 fully saturated rings. The second-order valence-electron chi connectivity index (χ2n) is 7.43. The van der Waals surface area contributed by atoms with Crippen LogP contribution in [0.3, 0.4) is 0 Å². The lowest BCUT2D eigenvalue weighted by Crippen LogP contribution is -2.32. The molecule has 1 aromatic heterocycles. The number of hydrogen-bond donors (Lipinski definition) is 1. The lowest BCUT2D eigenvalue weighted by Gasteiger charge is -2.32. The monoisotopic (exact) mass is 415 g/mol. The summed E-state index contributed by atoms with van der Waals surface area (Å²) in [7, 11) is 1.81. The van der Waals surface area contributed by atoms with Gasteiger partial charge < -0.3 is 19.9 Å². The molecule has 4 rings (SSSR count). The first kappa shape index (κ1) is 19.9. The van der Waals surface area contributed by atoms with Crippen LogP contribution in [0.15, 0.2) is 24.3 Å². The van der Waals surface area contributed by atoms with Crippen molar-refractivity contribution in [3.63, 3.8) is 0 Å². The Kier molecular flexibility index (Phi) is 5.87. The van der Waals surface area contributed by atoms with Crippen molar-refractivity contribution in [1.29, 1.82) is 0 Å². The molecule has 0 bridgehead atoms. The van der Waals surface area contributed by atoms with Crippen molar-refractivity contribution < 1.29 is 9.53 Å². The topological polar surface area (TPSA) is 70.6 Å². The van der Waals surface area contributed by atoms with Crippen molar-refractivity contribution in [2.24, 2.45) is 0 Å². The molecule has 0 aliphatic carbocycles. The minimum absolute atomic E-state index is 0.0957. The number of hydrogen-bond acceptors (Lipinski definition) is 6. The maximum Gasteiger partial charge on any atom is 0.227 e. The Labute approximate surface area is 176 Å². The molecule has 1 aromatic carbocycles. The lowest BCUT2D eigenvalue weighted by molar-refractivity contribution is -0.117. The molecule has 3 heterocycles. The van der Waals surface area contributed by atoms with Crippen molar-refractivity contribution in [3.8, 4) is 0 Å². The molecule has 154 valence electrons. The molecule has 2 aromatic rings. The van der Waals surface area contributed by atoms with E-state index in [1.165, 1.54) is 0 Å². The fourth-order valence-electron chi connectivity index (χ4n) is 4.00. The van der Waals surface area contributed by atoms with Crippen LogP contribution in [0.2, 0.25) is 5.02 Å². The van der Waals surface area contributed by atoms with Crippen molar-refractivity contribution in [3.05, 3.63) is 40.5 Å². The predicted molar refractivity (Wildman–Crippen MR) is 115 cm³/mol. The predicted octanol–water partition coefficient (Wildman–Crippen LogP) is 3.57. The summed E-state index contributed by atoms with van der Waals surface area (Å²) in [6, 6.07) is 7.73. The molecule has 1 unspecified atom stereocenters. The van der Waals surface area contributed by atoms with Crippen molar-refractivity contribution in [1.82, 2.24) is 9.97 Å². The third-order valence-corrected chi connectivity index (χ3v) is 5.77. The summed E-state index contributed by atoms with van der Waals surface area (Å²) in [5.74, 6) is 1.60. The standard InChI is InChI=1S/C21H26ClN5O2/c1-14-11-19(25-21(23-2)24-14)27-9-4-10-29-13-18(27)16-12-15(6-7-17(16)22)26-8-3-5-20(26)28/h6-7,11-12,18H,3-5,8-10,13H2,1-2H3,(H,23,24,25). The number of halogens is 1. The van der Waals surface area contributed by atoms with Gasteiger partial charge in [0, 0.05) is 55.6 Å². The number of anilines is 3. The highest BCUT2D eigenvalue weighted by Gasteiger charge is 2.29. The van der Waals surface area contributed by atoms with E-state index in [0.29, 0.717) is 30.6 Å². The lowest BCUT2D eigenvalue weighted by atomic mass is 10.0. The van der Waals surface area contributed by atoms with E-state index in [-0.39, 0.29) is 11.9 Å². The van der Waals surface area contributed by atoms with Crippen molar-refractivity contribution in [2.75, 3.05) is 48.5 Å². The molecular formula is C21H26ClN5O2. The minimum atomic E-state index is -0.0957. The Morgan fingerprint density at radius 1 is 1.21 bits per heavy atom. The van der Waals surface area contributed by atoms with Gasteiger partial charge in [-0.1, -0.05) is 11.6 Å². The van der Waals surface area contributed by atoms with Gasteiger partial charge in [0.2, 0.25) is 11.9 Å². The van der Waals surface area contributed by atoms with E-state index in [4.69, 9.17) is 16.3 Å². The molecule has 29 heavy (non-hydrogen) atoms. The summed E-state index contributed by atoms with van der Waals surface area (Å²) in [4.78, 5) is 25.4. The van der Waals surface area contributed by atoms with Crippen LogP contribution in [0.4, 0.5) is 17.5 Å². The molecule has 1 N–H and O–H groups in total. The summed E-state index contributed by atoms with van der Waals surface area (Å²) in [5, 5.41) is 3.70. The molecule has 1 amide bonds. The summed E-state index contributed by atoms with van der Waals surface area (Å²) >= 11 is 6.64. The van der Waals surface area contributed by atoms with E-state index >= 15 is 0 Å². The zero-order chi connectivity index (χ0) is 20.4. The fraction of sp³-hybridized carbons (Fsp3) is 0.476. The van der Waals surface area contributed by atoms with Gasteiger partial charge in [-0.25, -0.2) is 4.98 Å². The van der Waals surface area contributed by atoms with Crippen LogP contribution >= 0.6 is 11.6 Å². The van der Waals surface area contributed by atoms with Crippen LogP contribution in [0.1, 0.15) is 36.6 Å². The van der Waals surface area contributed by atoms with Crippen molar-refractivity contribution >= 4 is 35.0 Å². The van der Waals surface area contributed by atoms with Crippen LogP contribution in [0.25, 0.3) is 0 Å². The Hall–Kier alpha value is -2.38. The smallest absolute Gasteiger partial charge is 0.227 e. The minimum Gasteiger partial charge on any atom is -0.379 e. The molecular weight excluding hydrogens is 390 g/mol. The van der Waals surface area contributed by atoms with Gasteiger partial charge in [0.15, 0.2) is 0 Å². The van der Waals surface area contributed by atoms with Gasteiger partial charge in [-0.15, -0.1) is 0 Å². The quantitative estimate of drug-likeness (QED) is 0.823. The summed E-state index contributed by atoms with van der Waals surface area (Å²) in [6.45, 7) is 4.71. The number of nitrogens with one attached hydrogen (secondary N) is 1. The largest absolute Gasteiger partial charge is 0.379 e. The third kappa shape index (κ3) is 4.16. The molecule has 2 aliphatic heterocycles. The number of amides is 1. The molecule has 2 aliphatic rings. The first-order valence-electron chi connectivity index (χ1n) is 10.0. The molecule has 0 saturated carbocycles. The Bertz CT molecular complexity index is 907. The second-order valence-corrected chi connectivity index (χ2v) is 7.84. The van der Waals surface area contributed by atoms with Gasteiger partial charge in [0.25, 0.3) is 0 Å². The SMILES string of the molecule is CNc1nc(C)cc(N2CCCOCC2c2cc(N3CCCC3=O)ccc2Cl)n1. The van der Waals surface area contributed by atoms with Crippen LogP contribution in [-0.4, -0.2) is 49.2 Å². The summed E-state index contributed by atoms with van der Waals surface area (Å²) in [5.41, 5.74) is 2.74. The normalized spacial score (nSPS) is 20.1. The molecule has 7 nitrogen and oxygen atoms in total. The number of nitrogens with zero attached hydrogens (tertiary/aromatic N) is 4. The number of rotatable bonds is 4. The maximum absolute atomic E-state index is 12.2. The average molecular weight is 416 g/mol. The molecule has 0 spiro atoms. The van der Waals surface area contributed by atoms with E-state index in [9.17, 15) is 4.79 Å². The van der Waals surface area contributed by atoms with Crippen LogP contribution in [-0.2, 0) is 9.53 Å². The number of aromatic nitrogens is 2. The number of benzene rings is 1. The number of carbonyl (C=O) groups is 1. The molecule has 0 radical (unpaired) electrons. The van der Waals surface area contributed by atoms with Crippen LogP contribution < -0.4 is 15.1 Å². The number of aryl methyl sites for hydroxylation is 1. The highest BCUT2D eigenvalue weighted by Crippen LogP contribution is 2.36. The molecule has 8 heteroatoms. The highest BCUT2D eigenvalue weighted by atomic mass is 35.5. The summed E-state index contributed by atoms with van der Waals surface area (Å²) in [6.07, 6.45) is 2.39. The maximum atomic E-state index is 12.2. The molecule has 1 atom stereocenters. The van der Waals surface area contributed by atoms with E-state index in [1.54, 1.807) is 0 Å². The number of carbonyl (C=O) groups excluding carboxylic acids is 1. The van der Waals surface area contributed by atoms with Gasteiger partial charge >= 0.3 is 0 Å². The van der Waals surface area contributed by atoms with E-state index in [1.807, 2.05) is 43.1 Å². The van der Waals surface area contributed by atoms with E-state index in [2.05, 4.69) is 20.2 Å². The van der Waals surface area contributed by atoms with E-state index < -0.39 is 0 Å². The highest BCUT2D eigenvalue weighted by molar-refractivity contribution is 6.31. The Morgan fingerprint density at radius 3 is 2.83 bits per heavy atom.